The summed E-state index contributed by atoms with van der Waals surface area (Å²) in [6, 6.07) is 4.71. The molecule has 0 atom stereocenters. The number of rotatable bonds is 8. The van der Waals surface area contributed by atoms with Crippen molar-refractivity contribution < 1.29 is 13.9 Å². The number of aliphatic imine (C=N–C) groups is 1. The number of guanidine groups is 1. The molecule has 164 valence electrons. The molecular formula is C19H30ClFIN5O2. The van der Waals surface area contributed by atoms with Crippen molar-refractivity contribution >= 4 is 47.4 Å². The van der Waals surface area contributed by atoms with Gasteiger partial charge in [0.15, 0.2) is 5.96 Å². The Kier molecular flexibility index (Phi) is 12.4. The van der Waals surface area contributed by atoms with Crippen LogP contribution < -0.4 is 10.6 Å². The molecule has 1 aliphatic heterocycles. The lowest BCUT2D eigenvalue weighted by molar-refractivity contribution is -0.122. The fourth-order valence-electron chi connectivity index (χ4n) is 3.07. The van der Waals surface area contributed by atoms with Crippen LogP contribution in [0.3, 0.4) is 0 Å². The number of hydrogen-bond donors (Lipinski definition) is 2. The molecule has 7 nitrogen and oxygen atoms in total. The summed E-state index contributed by atoms with van der Waals surface area (Å²) in [4.78, 5) is 20.5. The maximum absolute atomic E-state index is 13.9. The van der Waals surface area contributed by atoms with Crippen LogP contribution in [0.4, 0.5) is 4.39 Å². The van der Waals surface area contributed by atoms with Gasteiger partial charge in [0.1, 0.15) is 5.82 Å². The molecule has 0 spiro atoms. The molecule has 0 aliphatic carbocycles. The summed E-state index contributed by atoms with van der Waals surface area (Å²) in [5, 5.41) is 6.54. The van der Waals surface area contributed by atoms with E-state index in [0.717, 1.165) is 32.1 Å². The van der Waals surface area contributed by atoms with Crippen molar-refractivity contribution in [1.82, 2.24) is 20.4 Å². The number of halogens is 3. The Balaban J connectivity index is 0.00000420. The first-order valence-corrected chi connectivity index (χ1v) is 9.79. The lowest BCUT2D eigenvalue weighted by atomic mass is 10.1. The van der Waals surface area contributed by atoms with Gasteiger partial charge in [0, 0.05) is 64.0 Å². The highest BCUT2D eigenvalue weighted by Gasteiger charge is 2.21. The van der Waals surface area contributed by atoms with Crippen molar-refractivity contribution in [3.8, 4) is 0 Å². The molecule has 0 aromatic heterocycles. The highest BCUT2D eigenvalue weighted by molar-refractivity contribution is 14.0. The molecule has 0 bridgehead atoms. The van der Waals surface area contributed by atoms with Gasteiger partial charge in [0.05, 0.1) is 13.2 Å². The maximum atomic E-state index is 13.9. The molecule has 2 rings (SSSR count). The highest BCUT2D eigenvalue weighted by Crippen LogP contribution is 2.19. The maximum Gasteiger partial charge on any atom is 0.234 e. The third kappa shape index (κ3) is 8.61. The van der Waals surface area contributed by atoms with E-state index in [0.29, 0.717) is 43.2 Å². The lowest BCUT2D eigenvalue weighted by Crippen LogP contribution is -2.54. The molecule has 0 saturated carbocycles. The predicted octanol–water partition coefficient (Wildman–Crippen LogP) is 1.60. The minimum Gasteiger partial charge on any atom is -0.383 e. The zero-order valence-electron chi connectivity index (χ0n) is 16.9. The van der Waals surface area contributed by atoms with Gasteiger partial charge in [0.2, 0.25) is 5.91 Å². The first kappa shape index (κ1) is 25.9. The fourth-order valence-corrected chi connectivity index (χ4v) is 3.33. The lowest BCUT2D eigenvalue weighted by Gasteiger charge is -2.36. The van der Waals surface area contributed by atoms with Gasteiger partial charge in [-0.25, -0.2) is 4.39 Å². The summed E-state index contributed by atoms with van der Waals surface area (Å²) in [7, 11) is 3.34. The van der Waals surface area contributed by atoms with E-state index in [9.17, 15) is 9.18 Å². The van der Waals surface area contributed by atoms with E-state index in [-0.39, 0.29) is 35.7 Å². The minimum atomic E-state index is -0.290. The molecule has 1 aromatic rings. The smallest absolute Gasteiger partial charge is 0.234 e. The Labute approximate surface area is 194 Å². The van der Waals surface area contributed by atoms with Gasteiger partial charge in [-0.2, -0.15) is 0 Å². The first-order chi connectivity index (χ1) is 13.5. The Morgan fingerprint density at radius 2 is 1.97 bits per heavy atom. The number of ether oxygens (including phenoxy) is 1. The van der Waals surface area contributed by atoms with E-state index in [2.05, 4.69) is 25.4 Å². The molecular weight excluding hydrogens is 512 g/mol. The van der Waals surface area contributed by atoms with Gasteiger partial charge in [-0.15, -0.1) is 24.0 Å². The van der Waals surface area contributed by atoms with Gasteiger partial charge < -0.3 is 20.3 Å². The van der Waals surface area contributed by atoms with Crippen LogP contribution in [0.1, 0.15) is 5.56 Å². The molecule has 0 unspecified atom stereocenters. The first-order valence-electron chi connectivity index (χ1n) is 9.41. The molecule has 1 aliphatic rings. The van der Waals surface area contributed by atoms with Gasteiger partial charge in [-0.05, 0) is 18.6 Å². The second kappa shape index (κ2) is 13.9. The average Bonchev–Trinajstić information content (AvgIpc) is 2.68. The molecule has 1 saturated heterocycles. The Bertz CT molecular complexity index is 652. The second-order valence-electron chi connectivity index (χ2n) is 6.53. The van der Waals surface area contributed by atoms with Crippen LogP contribution in [0.25, 0.3) is 0 Å². The molecule has 1 heterocycles. The Morgan fingerprint density at radius 1 is 1.24 bits per heavy atom. The Hall–Kier alpha value is -1.17. The number of benzene rings is 1. The number of nitrogens with one attached hydrogen (secondary N) is 2. The van der Waals surface area contributed by atoms with E-state index in [4.69, 9.17) is 16.3 Å². The molecule has 29 heavy (non-hydrogen) atoms. The van der Waals surface area contributed by atoms with Crippen molar-refractivity contribution in [2.45, 2.75) is 6.42 Å². The Morgan fingerprint density at radius 3 is 2.59 bits per heavy atom. The molecule has 1 amide bonds. The van der Waals surface area contributed by atoms with E-state index in [1.165, 1.54) is 6.07 Å². The number of nitrogens with zero attached hydrogens (tertiary/aromatic N) is 3. The SMILES string of the molecule is CN=C(NCCc1c(F)cccc1Cl)N1CCN(CC(=O)NCCOC)CC1.I. The topological polar surface area (TPSA) is 69.2 Å². The van der Waals surface area contributed by atoms with Crippen molar-refractivity contribution in [2.24, 2.45) is 4.99 Å². The van der Waals surface area contributed by atoms with Gasteiger partial charge in [0.25, 0.3) is 0 Å². The van der Waals surface area contributed by atoms with Crippen molar-refractivity contribution in [2.75, 3.05) is 66.6 Å². The number of amides is 1. The summed E-state index contributed by atoms with van der Waals surface area (Å²) in [5.74, 6) is 0.494. The summed E-state index contributed by atoms with van der Waals surface area (Å²) in [6.45, 7) is 5.05. The van der Waals surface area contributed by atoms with E-state index >= 15 is 0 Å². The highest BCUT2D eigenvalue weighted by atomic mass is 127. The van der Waals surface area contributed by atoms with Gasteiger partial charge in [-0.3, -0.25) is 14.7 Å². The van der Waals surface area contributed by atoms with Crippen LogP contribution >= 0.6 is 35.6 Å². The van der Waals surface area contributed by atoms with Gasteiger partial charge in [-0.1, -0.05) is 17.7 Å². The van der Waals surface area contributed by atoms with E-state index in [1.807, 2.05) is 0 Å². The number of methoxy groups -OCH3 is 1. The molecule has 0 radical (unpaired) electrons. The summed E-state index contributed by atoms with van der Waals surface area (Å²) < 4.78 is 18.8. The van der Waals surface area contributed by atoms with Crippen LogP contribution in [0, 0.1) is 5.82 Å². The zero-order valence-corrected chi connectivity index (χ0v) is 20.0. The summed E-state index contributed by atoms with van der Waals surface area (Å²) in [5.41, 5.74) is 0.511. The fraction of sp³-hybridized carbons (Fsp3) is 0.579. The quantitative estimate of drug-likeness (QED) is 0.227. The normalized spacial score (nSPS) is 15.0. The third-order valence-electron chi connectivity index (χ3n) is 4.60. The van der Waals surface area contributed by atoms with Crippen molar-refractivity contribution in [3.63, 3.8) is 0 Å². The van der Waals surface area contributed by atoms with Crippen LogP contribution in [0.5, 0.6) is 0 Å². The van der Waals surface area contributed by atoms with Crippen LogP contribution in [-0.2, 0) is 16.0 Å². The number of hydrogen-bond acceptors (Lipinski definition) is 4. The molecule has 1 fully saturated rings. The molecule has 1 aromatic carbocycles. The van der Waals surface area contributed by atoms with Crippen LogP contribution in [0.15, 0.2) is 23.2 Å². The van der Waals surface area contributed by atoms with E-state index in [1.54, 1.807) is 26.3 Å². The van der Waals surface area contributed by atoms with E-state index < -0.39 is 0 Å². The van der Waals surface area contributed by atoms with Gasteiger partial charge >= 0.3 is 0 Å². The average molecular weight is 542 g/mol. The summed E-state index contributed by atoms with van der Waals surface area (Å²) in [6.07, 6.45) is 0.478. The third-order valence-corrected chi connectivity index (χ3v) is 4.95. The number of carbonyl (C=O) groups excluding carboxylic acids is 1. The summed E-state index contributed by atoms with van der Waals surface area (Å²) >= 11 is 6.07. The second-order valence-corrected chi connectivity index (χ2v) is 6.94. The minimum absolute atomic E-state index is 0. The standard InChI is InChI=1S/C19H29ClFN5O2.HI/c1-22-19(24-7-6-15-16(20)4-3-5-17(15)21)26-11-9-25(10-12-26)14-18(27)23-8-13-28-2;/h3-5H,6-14H2,1-2H3,(H,22,24)(H,23,27);1H. The van der Waals surface area contributed by atoms with Crippen LogP contribution in [0.2, 0.25) is 5.02 Å². The van der Waals surface area contributed by atoms with Crippen molar-refractivity contribution in [3.05, 3.63) is 34.6 Å². The zero-order chi connectivity index (χ0) is 20.4. The largest absolute Gasteiger partial charge is 0.383 e. The predicted molar refractivity (Wildman–Crippen MR) is 125 cm³/mol. The monoisotopic (exact) mass is 541 g/mol. The number of piperazine rings is 1. The van der Waals surface area contributed by atoms with Crippen molar-refractivity contribution in [1.29, 1.82) is 0 Å². The number of carbonyl (C=O) groups is 1. The van der Waals surface area contributed by atoms with Crippen LogP contribution in [-0.4, -0.2) is 88.2 Å². The molecule has 2 N–H and O–H groups in total. The molecule has 10 heteroatoms.